The van der Waals surface area contributed by atoms with Gasteiger partial charge in [0.25, 0.3) is 0 Å². The quantitative estimate of drug-likeness (QED) is 0.647. The Morgan fingerprint density at radius 1 is 1.08 bits per heavy atom. The van der Waals surface area contributed by atoms with Gasteiger partial charge in [-0.25, -0.2) is 4.39 Å². The number of hydrogen-bond donors (Lipinski definition) is 2. The van der Waals surface area contributed by atoms with E-state index in [-0.39, 0.29) is 24.3 Å². The SMILES string of the molecule is O=C(CN[C@@H](c1ccc(F)cc1)c1cccs1)Nc1ccc(Cl)cc1. The number of benzene rings is 2. The van der Waals surface area contributed by atoms with Crippen molar-refractivity contribution in [1.29, 1.82) is 0 Å². The number of thiophene rings is 1. The first kappa shape index (κ1) is 17.6. The summed E-state index contributed by atoms with van der Waals surface area (Å²) in [7, 11) is 0. The number of carbonyl (C=O) groups excluding carboxylic acids is 1. The van der Waals surface area contributed by atoms with Crippen molar-refractivity contribution in [3.05, 3.63) is 87.3 Å². The van der Waals surface area contributed by atoms with E-state index in [4.69, 9.17) is 11.6 Å². The second-order valence-corrected chi connectivity index (χ2v) is 6.85. The van der Waals surface area contributed by atoms with Gasteiger partial charge < -0.3 is 5.32 Å². The lowest BCUT2D eigenvalue weighted by Gasteiger charge is -2.18. The van der Waals surface area contributed by atoms with Gasteiger partial charge in [0.1, 0.15) is 5.82 Å². The van der Waals surface area contributed by atoms with E-state index in [2.05, 4.69) is 10.6 Å². The smallest absolute Gasteiger partial charge is 0.238 e. The summed E-state index contributed by atoms with van der Waals surface area (Å²) >= 11 is 7.42. The predicted octanol–water partition coefficient (Wildman–Crippen LogP) is 4.86. The lowest BCUT2D eigenvalue weighted by molar-refractivity contribution is -0.115. The predicted molar refractivity (Wildman–Crippen MR) is 101 cm³/mol. The lowest BCUT2D eigenvalue weighted by Crippen LogP contribution is -2.31. The van der Waals surface area contributed by atoms with E-state index in [9.17, 15) is 9.18 Å². The Kier molecular flexibility index (Phi) is 5.81. The number of carbonyl (C=O) groups is 1. The molecule has 1 aromatic heterocycles. The van der Waals surface area contributed by atoms with Gasteiger partial charge >= 0.3 is 0 Å². The number of nitrogens with one attached hydrogen (secondary N) is 2. The topological polar surface area (TPSA) is 41.1 Å². The van der Waals surface area contributed by atoms with Crippen LogP contribution < -0.4 is 10.6 Å². The van der Waals surface area contributed by atoms with Crippen LogP contribution in [0.4, 0.5) is 10.1 Å². The molecule has 1 atom stereocenters. The maximum absolute atomic E-state index is 13.2. The molecule has 0 radical (unpaired) electrons. The molecule has 2 aromatic carbocycles. The van der Waals surface area contributed by atoms with E-state index >= 15 is 0 Å². The Balaban J connectivity index is 1.67. The molecule has 0 saturated carbocycles. The largest absolute Gasteiger partial charge is 0.325 e. The summed E-state index contributed by atoms with van der Waals surface area (Å²) in [5, 5.41) is 8.64. The Morgan fingerprint density at radius 2 is 1.80 bits per heavy atom. The van der Waals surface area contributed by atoms with Crippen LogP contribution in [0.25, 0.3) is 0 Å². The number of hydrogen-bond acceptors (Lipinski definition) is 3. The highest BCUT2D eigenvalue weighted by Gasteiger charge is 2.16. The molecule has 0 aliphatic heterocycles. The van der Waals surface area contributed by atoms with Gasteiger partial charge in [-0.05, 0) is 53.4 Å². The molecule has 6 heteroatoms. The zero-order valence-corrected chi connectivity index (χ0v) is 14.8. The van der Waals surface area contributed by atoms with Gasteiger partial charge in [-0.15, -0.1) is 11.3 Å². The third-order valence-corrected chi connectivity index (χ3v) is 4.81. The third kappa shape index (κ3) is 4.89. The Labute approximate surface area is 154 Å². The summed E-state index contributed by atoms with van der Waals surface area (Å²) in [6.07, 6.45) is 0. The van der Waals surface area contributed by atoms with Crippen molar-refractivity contribution in [3.63, 3.8) is 0 Å². The molecule has 0 spiro atoms. The maximum Gasteiger partial charge on any atom is 0.238 e. The summed E-state index contributed by atoms with van der Waals surface area (Å²) < 4.78 is 13.2. The normalized spacial score (nSPS) is 11.9. The molecule has 0 aliphatic carbocycles. The fourth-order valence-electron chi connectivity index (χ4n) is 2.43. The average Bonchev–Trinajstić information content (AvgIpc) is 3.13. The molecule has 1 heterocycles. The summed E-state index contributed by atoms with van der Waals surface area (Å²) in [5.74, 6) is -0.444. The molecule has 0 aliphatic rings. The van der Waals surface area contributed by atoms with Crippen LogP contribution in [0.3, 0.4) is 0 Å². The minimum Gasteiger partial charge on any atom is -0.325 e. The highest BCUT2D eigenvalue weighted by atomic mass is 35.5. The zero-order valence-electron chi connectivity index (χ0n) is 13.2. The van der Waals surface area contributed by atoms with E-state index < -0.39 is 0 Å². The van der Waals surface area contributed by atoms with Gasteiger partial charge in [0.05, 0.1) is 12.6 Å². The number of anilines is 1. The number of halogens is 2. The second-order valence-electron chi connectivity index (χ2n) is 5.44. The van der Waals surface area contributed by atoms with Crippen molar-refractivity contribution in [1.82, 2.24) is 5.32 Å². The molecule has 2 N–H and O–H groups in total. The second kappa shape index (κ2) is 8.25. The molecule has 128 valence electrons. The molecule has 0 fully saturated rings. The standard InChI is InChI=1S/C19H16ClFN2OS/c20-14-5-9-16(10-6-14)23-18(24)12-22-19(17-2-1-11-25-17)13-3-7-15(21)8-4-13/h1-11,19,22H,12H2,(H,23,24)/t19-/m0/s1. The first-order valence-electron chi connectivity index (χ1n) is 7.69. The summed E-state index contributed by atoms with van der Waals surface area (Å²) in [6.45, 7) is 0.128. The van der Waals surface area contributed by atoms with E-state index in [0.29, 0.717) is 10.7 Å². The fourth-order valence-corrected chi connectivity index (χ4v) is 3.38. The van der Waals surface area contributed by atoms with Gasteiger partial charge in [-0.2, -0.15) is 0 Å². The van der Waals surface area contributed by atoms with Crippen LogP contribution in [-0.4, -0.2) is 12.5 Å². The molecular weight excluding hydrogens is 359 g/mol. The zero-order chi connectivity index (χ0) is 17.6. The number of amides is 1. The van der Waals surface area contributed by atoms with Crippen molar-refractivity contribution in [3.8, 4) is 0 Å². The first-order valence-corrected chi connectivity index (χ1v) is 8.95. The van der Waals surface area contributed by atoms with E-state index in [0.717, 1.165) is 10.4 Å². The molecule has 1 amide bonds. The van der Waals surface area contributed by atoms with E-state index in [1.54, 1.807) is 47.7 Å². The Hall–Kier alpha value is -2.21. The van der Waals surface area contributed by atoms with Gasteiger partial charge in [0.15, 0.2) is 0 Å². The van der Waals surface area contributed by atoms with Gasteiger partial charge in [0.2, 0.25) is 5.91 Å². The van der Waals surface area contributed by atoms with Crippen molar-refractivity contribution in [2.45, 2.75) is 6.04 Å². The van der Waals surface area contributed by atoms with Crippen molar-refractivity contribution in [2.75, 3.05) is 11.9 Å². The van der Waals surface area contributed by atoms with E-state index in [1.165, 1.54) is 12.1 Å². The molecule has 25 heavy (non-hydrogen) atoms. The highest BCUT2D eigenvalue weighted by Crippen LogP contribution is 2.26. The van der Waals surface area contributed by atoms with Crippen LogP contribution >= 0.6 is 22.9 Å². The van der Waals surface area contributed by atoms with Crippen LogP contribution in [-0.2, 0) is 4.79 Å². The maximum atomic E-state index is 13.2. The van der Waals surface area contributed by atoms with Gasteiger partial charge in [-0.3, -0.25) is 10.1 Å². The highest BCUT2D eigenvalue weighted by molar-refractivity contribution is 7.10. The van der Waals surface area contributed by atoms with Crippen LogP contribution in [0.2, 0.25) is 5.02 Å². The van der Waals surface area contributed by atoms with Crippen molar-refractivity contribution in [2.24, 2.45) is 0 Å². The van der Waals surface area contributed by atoms with E-state index in [1.807, 2.05) is 17.5 Å². The van der Waals surface area contributed by atoms with Crippen molar-refractivity contribution >= 4 is 34.5 Å². The molecule has 3 nitrogen and oxygen atoms in total. The van der Waals surface area contributed by atoms with Gasteiger partial charge in [0, 0.05) is 15.6 Å². The molecule has 0 bridgehead atoms. The summed E-state index contributed by atoms with van der Waals surface area (Å²) in [6, 6.07) is 17.0. The third-order valence-electron chi connectivity index (χ3n) is 3.63. The first-order chi connectivity index (χ1) is 12.1. The monoisotopic (exact) mass is 374 g/mol. The van der Waals surface area contributed by atoms with Crippen LogP contribution in [0.15, 0.2) is 66.0 Å². The molecule has 0 unspecified atom stereocenters. The Morgan fingerprint density at radius 3 is 2.44 bits per heavy atom. The summed E-state index contributed by atoms with van der Waals surface area (Å²) in [5.41, 5.74) is 1.59. The minimum atomic E-state index is -0.283. The lowest BCUT2D eigenvalue weighted by atomic mass is 10.1. The fraction of sp³-hybridized carbons (Fsp3) is 0.105. The minimum absolute atomic E-state index is 0.128. The van der Waals surface area contributed by atoms with Gasteiger partial charge in [-0.1, -0.05) is 29.8 Å². The Bertz CT molecular complexity index is 820. The molecule has 3 rings (SSSR count). The molecule has 3 aromatic rings. The van der Waals surface area contributed by atoms with Crippen LogP contribution in [0.1, 0.15) is 16.5 Å². The molecular formula is C19H16ClFN2OS. The average molecular weight is 375 g/mol. The molecule has 0 saturated heterocycles. The van der Waals surface area contributed by atoms with Crippen molar-refractivity contribution < 1.29 is 9.18 Å². The summed E-state index contributed by atoms with van der Waals surface area (Å²) in [4.78, 5) is 13.3. The van der Waals surface area contributed by atoms with Crippen LogP contribution in [0.5, 0.6) is 0 Å². The number of rotatable bonds is 6. The van der Waals surface area contributed by atoms with Crippen LogP contribution in [0, 0.1) is 5.82 Å².